The molecule has 0 amide bonds. The fourth-order valence-corrected chi connectivity index (χ4v) is 2.73. The van der Waals surface area contributed by atoms with Crippen molar-refractivity contribution in [1.82, 2.24) is 5.32 Å². The molecule has 3 nitrogen and oxygen atoms in total. The lowest BCUT2D eigenvalue weighted by atomic mass is 10.2. The van der Waals surface area contributed by atoms with Gasteiger partial charge in [0.1, 0.15) is 0 Å². The number of ether oxygens (including phenoxy) is 2. The van der Waals surface area contributed by atoms with E-state index in [4.69, 9.17) is 9.47 Å². The maximum Gasteiger partial charge on any atom is 0.0707 e. The van der Waals surface area contributed by atoms with Crippen LogP contribution in [0.25, 0.3) is 0 Å². The highest BCUT2D eigenvalue weighted by Crippen LogP contribution is 2.19. The standard InChI is InChI=1S/C13H22BrNO2S/c1-13(2,3)17-7-6-16-5-4-15-9-12-8-11(14)10-18-12/h8,10,15H,4-7,9H2,1-3H3. The summed E-state index contributed by atoms with van der Waals surface area (Å²) in [6.45, 7) is 9.95. The minimum atomic E-state index is -0.0752. The molecule has 1 aromatic rings. The Labute approximate surface area is 122 Å². The van der Waals surface area contributed by atoms with Crippen LogP contribution in [0.5, 0.6) is 0 Å². The van der Waals surface area contributed by atoms with Crippen molar-refractivity contribution in [3.05, 3.63) is 20.8 Å². The summed E-state index contributed by atoms with van der Waals surface area (Å²) in [6, 6.07) is 2.13. The van der Waals surface area contributed by atoms with Crippen LogP contribution < -0.4 is 5.32 Å². The van der Waals surface area contributed by atoms with Crippen molar-refractivity contribution >= 4 is 27.3 Å². The van der Waals surface area contributed by atoms with E-state index < -0.39 is 0 Å². The molecule has 0 bridgehead atoms. The first kappa shape index (κ1) is 16.1. The molecule has 0 atom stereocenters. The number of thiophene rings is 1. The van der Waals surface area contributed by atoms with Crippen molar-refractivity contribution in [2.75, 3.05) is 26.4 Å². The second-order valence-corrected chi connectivity index (χ2v) is 6.89. The summed E-state index contributed by atoms with van der Waals surface area (Å²) in [5.74, 6) is 0. The number of rotatable bonds is 8. The summed E-state index contributed by atoms with van der Waals surface area (Å²) >= 11 is 5.20. The molecule has 0 aromatic carbocycles. The second-order valence-electron chi connectivity index (χ2n) is 4.98. The van der Waals surface area contributed by atoms with Crippen LogP contribution in [0, 0.1) is 0 Å². The molecule has 0 aliphatic rings. The number of hydrogen-bond acceptors (Lipinski definition) is 4. The van der Waals surface area contributed by atoms with Crippen LogP contribution >= 0.6 is 27.3 Å². The molecule has 0 aliphatic heterocycles. The minimum absolute atomic E-state index is 0.0752. The number of halogens is 1. The Morgan fingerprint density at radius 1 is 1.28 bits per heavy atom. The van der Waals surface area contributed by atoms with Crippen LogP contribution in [0.2, 0.25) is 0 Å². The van der Waals surface area contributed by atoms with Gasteiger partial charge in [-0.3, -0.25) is 0 Å². The minimum Gasteiger partial charge on any atom is -0.378 e. The van der Waals surface area contributed by atoms with Crippen LogP contribution in [0.4, 0.5) is 0 Å². The molecule has 5 heteroatoms. The van der Waals surface area contributed by atoms with E-state index in [0.717, 1.165) is 24.2 Å². The maximum atomic E-state index is 5.56. The molecule has 0 fully saturated rings. The largest absolute Gasteiger partial charge is 0.378 e. The van der Waals surface area contributed by atoms with Crippen molar-refractivity contribution in [2.45, 2.75) is 32.9 Å². The molecule has 0 unspecified atom stereocenters. The summed E-state index contributed by atoms with van der Waals surface area (Å²) in [5, 5.41) is 5.44. The van der Waals surface area contributed by atoms with Crippen LogP contribution in [0.3, 0.4) is 0 Å². The summed E-state index contributed by atoms with van der Waals surface area (Å²) in [6.07, 6.45) is 0. The molecular weight excluding hydrogens is 314 g/mol. The van der Waals surface area contributed by atoms with E-state index in [9.17, 15) is 0 Å². The van der Waals surface area contributed by atoms with E-state index in [1.54, 1.807) is 11.3 Å². The molecule has 104 valence electrons. The highest BCUT2D eigenvalue weighted by atomic mass is 79.9. The van der Waals surface area contributed by atoms with Crippen molar-refractivity contribution in [1.29, 1.82) is 0 Å². The van der Waals surface area contributed by atoms with Crippen molar-refractivity contribution in [3.63, 3.8) is 0 Å². The summed E-state index contributed by atoms with van der Waals surface area (Å²) in [7, 11) is 0. The predicted octanol–water partition coefficient (Wildman–Crippen LogP) is 3.43. The van der Waals surface area contributed by atoms with Crippen LogP contribution in [0.15, 0.2) is 15.9 Å². The van der Waals surface area contributed by atoms with E-state index in [0.29, 0.717) is 13.2 Å². The molecule has 0 saturated carbocycles. The average Bonchev–Trinajstić information content (AvgIpc) is 2.67. The Bertz CT molecular complexity index is 336. The molecule has 0 aliphatic carbocycles. The van der Waals surface area contributed by atoms with Crippen LogP contribution in [-0.2, 0) is 16.0 Å². The highest BCUT2D eigenvalue weighted by molar-refractivity contribution is 9.10. The Balaban J connectivity index is 1.90. The summed E-state index contributed by atoms with van der Waals surface area (Å²) in [4.78, 5) is 1.33. The third-order valence-electron chi connectivity index (χ3n) is 2.11. The SMILES string of the molecule is CC(C)(C)OCCOCCNCc1cc(Br)cs1. The van der Waals surface area contributed by atoms with Gasteiger partial charge in [-0.15, -0.1) is 11.3 Å². The predicted molar refractivity (Wildman–Crippen MR) is 80.2 cm³/mol. The normalized spacial score (nSPS) is 12.0. The van der Waals surface area contributed by atoms with Crippen LogP contribution in [-0.4, -0.2) is 32.0 Å². The molecular formula is C13H22BrNO2S. The average molecular weight is 336 g/mol. The molecule has 0 spiro atoms. The lowest BCUT2D eigenvalue weighted by Gasteiger charge is -2.19. The first-order valence-electron chi connectivity index (χ1n) is 6.13. The highest BCUT2D eigenvalue weighted by Gasteiger charge is 2.08. The van der Waals surface area contributed by atoms with Crippen LogP contribution in [0.1, 0.15) is 25.6 Å². The summed E-state index contributed by atoms with van der Waals surface area (Å²) < 4.78 is 12.2. The molecule has 0 radical (unpaired) electrons. The van der Waals surface area contributed by atoms with Crippen molar-refractivity contribution in [2.24, 2.45) is 0 Å². The molecule has 1 rings (SSSR count). The van der Waals surface area contributed by atoms with Gasteiger partial charge in [0.2, 0.25) is 0 Å². The van der Waals surface area contributed by atoms with Gasteiger partial charge in [-0.1, -0.05) is 0 Å². The van der Waals surface area contributed by atoms with E-state index in [1.807, 2.05) is 20.8 Å². The zero-order valence-corrected chi connectivity index (χ0v) is 13.7. The van der Waals surface area contributed by atoms with E-state index >= 15 is 0 Å². The molecule has 0 saturated heterocycles. The van der Waals surface area contributed by atoms with Crippen molar-refractivity contribution in [3.8, 4) is 0 Å². The van der Waals surface area contributed by atoms with E-state index in [1.165, 1.54) is 4.88 Å². The Morgan fingerprint density at radius 2 is 2.06 bits per heavy atom. The lowest BCUT2D eigenvalue weighted by Crippen LogP contribution is -2.23. The topological polar surface area (TPSA) is 30.5 Å². The maximum absolute atomic E-state index is 5.56. The van der Waals surface area contributed by atoms with Gasteiger partial charge in [-0.05, 0) is 42.8 Å². The molecule has 1 aromatic heterocycles. The quantitative estimate of drug-likeness (QED) is 0.738. The molecule has 1 N–H and O–H groups in total. The zero-order valence-electron chi connectivity index (χ0n) is 11.3. The number of nitrogens with one attached hydrogen (secondary N) is 1. The van der Waals surface area contributed by atoms with Gasteiger partial charge in [0.25, 0.3) is 0 Å². The monoisotopic (exact) mass is 335 g/mol. The van der Waals surface area contributed by atoms with E-state index in [2.05, 4.69) is 32.7 Å². The van der Waals surface area contributed by atoms with E-state index in [-0.39, 0.29) is 5.60 Å². The van der Waals surface area contributed by atoms with Gasteiger partial charge in [0, 0.05) is 27.8 Å². The zero-order chi connectivity index (χ0) is 13.4. The summed E-state index contributed by atoms with van der Waals surface area (Å²) in [5.41, 5.74) is -0.0752. The van der Waals surface area contributed by atoms with Gasteiger partial charge in [0.15, 0.2) is 0 Å². The fraction of sp³-hybridized carbons (Fsp3) is 0.692. The molecule has 18 heavy (non-hydrogen) atoms. The third-order valence-corrected chi connectivity index (χ3v) is 3.80. The van der Waals surface area contributed by atoms with Crippen molar-refractivity contribution < 1.29 is 9.47 Å². The fourth-order valence-electron chi connectivity index (χ4n) is 1.31. The second kappa shape index (κ2) is 8.27. The third kappa shape index (κ3) is 8.21. The van der Waals surface area contributed by atoms with Gasteiger partial charge >= 0.3 is 0 Å². The Morgan fingerprint density at radius 3 is 2.67 bits per heavy atom. The van der Waals surface area contributed by atoms with Gasteiger partial charge in [-0.25, -0.2) is 0 Å². The smallest absolute Gasteiger partial charge is 0.0707 e. The van der Waals surface area contributed by atoms with Gasteiger partial charge in [0.05, 0.1) is 25.4 Å². The first-order valence-corrected chi connectivity index (χ1v) is 7.80. The Hall–Kier alpha value is 0.0600. The van der Waals surface area contributed by atoms with Gasteiger partial charge in [-0.2, -0.15) is 0 Å². The lowest BCUT2D eigenvalue weighted by molar-refractivity contribution is -0.0343. The van der Waals surface area contributed by atoms with Gasteiger partial charge < -0.3 is 14.8 Å². The Kier molecular flexibility index (Phi) is 7.41. The number of hydrogen-bond donors (Lipinski definition) is 1. The molecule has 1 heterocycles. The first-order chi connectivity index (χ1) is 8.47.